The van der Waals surface area contributed by atoms with Crippen LogP contribution in [-0.4, -0.2) is 51.0 Å². The lowest BCUT2D eigenvalue weighted by molar-refractivity contribution is -0.124. The van der Waals surface area contributed by atoms with Crippen molar-refractivity contribution >= 4 is 11.8 Å². The van der Waals surface area contributed by atoms with Gasteiger partial charge in [0.05, 0.1) is 0 Å². The third-order valence-electron chi connectivity index (χ3n) is 3.44. The molecule has 1 aliphatic heterocycles. The topological polar surface area (TPSA) is 91.0 Å². The maximum absolute atomic E-state index is 12.1. The molecule has 0 spiro atoms. The van der Waals surface area contributed by atoms with Crippen LogP contribution in [0.4, 0.5) is 0 Å². The highest BCUT2D eigenvalue weighted by molar-refractivity contribution is 5.90. The van der Waals surface area contributed by atoms with Gasteiger partial charge in [-0.05, 0) is 19.8 Å². The first-order valence-corrected chi connectivity index (χ1v) is 6.96. The molecule has 1 aliphatic rings. The van der Waals surface area contributed by atoms with E-state index in [1.165, 1.54) is 0 Å². The summed E-state index contributed by atoms with van der Waals surface area (Å²) in [5, 5.41) is 9.56. The number of aromatic amines is 1. The van der Waals surface area contributed by atoms with Crippen LogP contribution in [0.2, 0.25) is 0 Å². The van der Waals surface area contributed by atoms with Crippen molar-refractivity contribution in [1.82, 2.24) is 25.4 Å². The summed E-state index contributed by atoms with van der Waals surface area (Å²) >= 11 is 0. The highest BCUT2D eigenvalue weighted by atomic mass is 16.2. The summed E-state index contributed by atoms with van der Waals surface area (Å²) in [4.78, 5) is 29.6. The fourth-order valence-corrected chi connectivity index (χ4v) is 2.17. The molecule has 1 aromatic heterocycles. The second-order valence-electron chi connectivity index (χ2n) is 5.47. The summed E-state index contributed by atoms with van der Waals surface area (Å²) in [5.41, 5.74) is 0. The predicted octanol–water partition coefficient (Wildman–Crippen LogP) is 0.490. The number of likely N-dealkylation sites (tertiary alicyclic amines) is 1. The molecule has 1 fully saturated rings. The van der Waals surface area contributed by atoms with Gasteiger partial charge in [-0.1, -0.05) is 13.8 Å². The van der Waals surface area contributed by atoms with Crippen molar-refractivity contribution in [3.8, 4) is 0 Å². The van der Waals surface area contributed by atoms with E-state index in [0.717, 1.165) is 12.8 Å². The number of hydrogen-bond acceptors (Lipinski definition) is 4. The predicted molar refractivity (Wildman–Crippen MR) is 73.0 cm³/mol. The minimum Gasteiger partial charge on any atom is -0.353 e. The number of carbonyl (C=O) groups is 2. The standard InChI is InChI=1S/C13H21N5O2/c1-8(2)12(19)15-10-4-6-18(7-5-10)13(20)11-14-9(3)16-17-11/h8,10H,4-7H2,1-3H3,(H,15,19)(H,14,16,17). The van der Waals surface area contributed by atoms with Gasteiger partial charge in [0.2, 0.25) is 11.7 Å². The number of aryl methyl sites for hydroxylation is 1. The molecule has 2 heterocycles. The first kappa shape index (κ1) is 14.5. The molecule has 0 aliphatic carbocycles. The Hall–Kier alpha value is -1.92. The molecule has 2 amide bonds. The average Bonchev–Trinajstić information content (AvgIpc) is 2.85. The van der Waals surface area contributed by atoms with Crippen molar-refractivity contribution in [2.75, 3.05) is 13.1 Å². The van der Waals surface area contributed by atoms with Gasteiger partial charge in [-0.25, -0.2) is 4.98 Å². The zero-order chi connectivity index (χ0) is 14.7. The van der Waals surface area contributed by atoms with Crippen LogP contribution in [0, 0.1) is 12.8 Å². The van der Waals surface area contributed by atoms with Crippen molar-refractivity contribution in [2.45, 2.75) is 39.7 Å². The lowest BCUT2D eigenvalue weighted by Crippen LogP contribution is -2.47. The molecule has 2 rings (SSSR count). The molecule has 0 radical (unpaired) electrons. The number of aromatic nitrogens is 3. The monoisotopic (exact) mass is 279 g/mol. The van der Waals surface area contributed by atoms with Gasteiger partial charge in [0.25, 0.3) is 5.91 Å². The molecule has 20 heavy (non-hydrogen) atoms. The van der Waals surface area contributed by atoms with Crippen LogP contribution in [0.1, 0.15) is 43.1 Å². The van der Waals surface area contributed by atoms with E-state index in [0.29, 0.717) is 18.9 Å². The Morgan fingerprint density at radius 1 is 1.35 bits per heavy atom. The SMILES string of the molecule is Cc1nc(C(=O)N2CCC(NC(=O)C(C)C)CC2)n[nH]1. The summed E-state index contributed by atoms with van der Waals surface area (Å²) in [5.74, 6) is 0.757. The summed E-state index contributed by atoms with van der Waals surface area (Å²) in [6.07, 6.45) is 1.54. The van der Waals surface area contributed by atoms with Gasteiger partial charge < -0.3 is 10.2 Å². The molecule has 7 heteroatoms. The molecule has 110 valence electrons. The van der Waals surface area contributed by atoms with Crippen molar-refractivity contribution in [3.05, 3.63) is 11.6 Å². The van der Waals surface area contributed by atoms with Crippen LogP contribution in [0.15, 0.2) is 0 Å². The number of piperidine rings is 1. The van der Waals surface area contributed by atoms with E-state index in [4.69, 9.17) is 0 Å². The highest BCUT2D eigenvalue weighted by Crippen LogP contribution is 2.13. The van der Waals surface area contributed by atoms with Crippen molar-refractivity contribution < 1.29 is 9.59 Å². The van der Waals surface area contributed by atoms with Crippen molar-refractivity contribution in [2.24, 2.45) is 5.92 Å². The first-order valence-electron chi connectivity index (χ1n) is 6.96. The molecule has 0 aromatic carbocycles. The fraction of sp³-hybridized carbons (Fsp3) is 0.692. The number of amides is 2. The molecule has 0 unspecified atom stereocenters. The van der Waals surface area contributed by atoms with Gasteiger partial charge in [-0.15, -0.1) is 5.10 Å². The third kappa shape index (κ3) is 3.34. The number of H-pyrrole nitrogens is 1. The summed E-state index contributed by atoms with van der Waals surface area (Å²) in [7, 11) is 0. The molecule has 1 aromatic rings. The molecule has 7 nitrogen and oxygen atoms in total. The van der Waals surface area contributed by atoms with Gasteiger partial charge >= 0.3 is 0 Å². The smallest absolute Gasteiger partial charge is 0.293 e. The molecular formula is C13H21N5O2. The third-order valence-corrected chi connectivity index (χ3v) is 3.44. The van der Waals surface area contributed by atoms with Gasteiger partial charge in [-0.2, -0.15) is 0 Å². The summed E-state index contributed by atoms with van der Waals surface area (Å²) < 4.78 is 0. The minimum atomic E-state index is -0.150. The normalized spacial score (nSPS) is 16.5. The van der Waals surface area contributed by atoms with E-state index in [2.05, 4.69) is 20.5 Å². The maximum Gasteiger partial charge on any atom is 0.293 e. The Bertz CT molecular complexity index is 489. The molecular weight excluding hydrogens is 258 g/mol. The molecule has 0 atom stereocenters. The van der Waals surface area contributed by atoms with E-state index < -0.39 is 0 Å². The van der Waals surface area contributed by atoms with Crippen LogP contribution in [0.25, 0.3) is 0 Å². The van der Waals surface area contributed by atoms with E-state index in [1.54, 1.807) is 11.8 Å². The van der Waals surface area contributed by atoms with Crippen molar-refractivity contribution in [1.29, 1.82) is 0 Å². The second kappa shape index (κ2) is 6.02. The molecule has 0 bridgehead atoms. The Balaban J connectivity index is 1.85. The number of rotatable bonds is 3. The van der Waals surface area contributed by atoms with Crippen LogP contribution in [-0.2, 0) is 4.79 Å². The van der Waals surface area contributed by atoms with Gasteiger partial charge in [-0.3, -0.25) is 14.7 Å². The average molecular weight is 279 g/mol. The van der Waals surface area contributed by atoms with Crippen LogP contribution in [0.3, 0.4) is 0 Å². The molecule has 2 N–H and O–H groups in total. The van der Waals surface area contributed by atoms with Crippen molar-refractivity contribution in [3.63, 3.8) is 0 Å². The van der Waals surface area contributed by atoms with Crippen LogP contribution >= 0.6 is 0 Å². The quantitative estimate of drug-likeness (QED) is 0.842. The second-order valence-corrected chi connectivity index (χ2v) is 5.47. The number of nitrogens with zero attached hydrogens (tertiary/aromatic N) is 3. The molecule has 0 saturated carbocycles. The Morgan fingerprint density at radius 3 is 2.50 bits per heavy atom. The zero-order valence-electron chi connectivity index (χ0n) is 12.1. The number of hydrogen-bond donors (Lipinski definition) is 2. The Kier molecular flexibility index (Phi) is 4.36. The van der Waals surface area contributed by atoms with Gasteiger partial charge in [0, 0.05) is 25.0 Å². The lowest BCUT2D eigenvalue weighted by Gasteiger charge is -2.32. The summed E-state index contributed by atoms with van der Waals surface area (Å²) in [6.45, 7) is 6.75. The Labute approximate surface area is 118 Å². The zero-order valence-corrected chi connectivity index (χ0v) is 12.1. The Morgan fingerprint density at radius 2 is 2.00 bits per heavy atom. The summed E-state index contributed by atoms with van der Waals surface area (Å²) in [6, 6.07) is 0.155. The van der Waals surface area contributed by atoms with E-state index >= 15 is 0 Å². The maximum atomic E-state index is 12.1. The first-order chi connectivity index (χ1) is 9.47. The largest absolute Gasteiger partial charge is 0.353 e. The van der Waals surface area contributed by atoms with Gasteiger partial charge in [0.15, 0.2) is 0 Å². The van der Waals surface area contributed by atoms with E-state index in [9.17, 15) is 9.59 Å². The highest BCUT2D eigenvalue weighted by Gasteiger charge is 2.26. The van der Waals surface area contributed by atoms with Gasteiger partial charge in [0.1, 0.15) is 5.82 Å². The lowest BCUT2D eigenvalue weighted by atomic mass is 10.0. The fourth-order valence-electron chi connectivity index (χ4n) is 2.17. The number of carbonyl (C=O) groups excluding carboxylic acids is 2. The molecule has 1 saturated heterocycles. The number of nitrogens with one attached hydrogen (secondary N) is 2. The van der Waals surface area contributed by atoms with Crippen LogP contribution in [0.5, 0.6) is 0 Å². The van der Waals surface area contributed by atoms with Crippen LogP contribution < -0.4 is 5.32 Å². The minimum absolute atomic E-state index is 0.00843. The van der Waals surface area contributed by atoms with E-state index in [1.807, 2.05) is 13.8 Å². The van der Waals surface area contributed by atoms with E-state index in [-0.39, 0.29) is 29.6 Å².